The maximum absolute atomic E-state index is 11.6. The van der Waals surface area contributed by atoms with Gasteiger partial charge in [-0.15, -0.1) is 0 Å². The molecule has 1 saturated heterocycles. The van der Waals surface area contributed by atoms with Crippen molar-refractivity contribution in [3.05, 3.63) is 0 Å². The summed E-state index contributed by atoms with van der Waals surface area (Å²) >= 11 is 0. The average molecular weight is 213 g/mol. The third-order valence-corrected chi connectivity index (χ3v) is 3.09. The van der Waals surface area contributed by atoms with Crippen molar-refractivity contribution in [2.75, 3.05) is 26.8 Å². The Labute approximate surface area is 92.6 Å². The van der Waals surface area contributed by atoms with Crippen LogP contribution >= 0.6 is 0 Å². The lowest BCUT2D eigenvalue weighted by atomic mass is 10.3. The van der Waals surface area contributed by atoms with Crippen molar-refractivity contribution in [1.82, 2.24) is 15.1 Å². The molecular formula is C11H23N3O. The SMILES string of the molecule is CC1NCN(CCCN(C)C(C)C)C1=O. The molecule has 1 aliphatic rings. The predicted octanol–water partition coefficient (Wildman–Crippen LogP) is 0.495. The van der Waals surface area contributed by atoms with Crippen LogP contribution < -0.4 is 5.32 Å². The standard InChI is InChI=1S/C11H23N3O/c1-9(2)13(4)6-5-7-14-8-12-10(3)11(14)15/h9-10,12H,5-8H2,1-4H3. The Morgan fingerprint density at radius 1 is 1.60 bits per heavy atom. The Hall–Kier alpha value is -0.610. The summed E-state index contributed by atoms with van der Waals surface area (Å²) in [5.41, 5.74) is 0. The average Bonchev–Trinajstić information content (AvgIpc) is 2.49. The summed E-state index contributed by atoms with van der Waals surface area (Å²) in [4.78, 5) is 15.8. The highest BCUT2D eigenvalue weighted by Gasteiger charge is 2.26. The van der Waals surface area contributed by atoms with Gasteiger partial charge in [0.15, 0.2) is 0 Å². The van der Waals surface area contributed by atoms with Gasteiger partial charge in [0, 0.05) is 12.6 Å². The smallest absolute Gasteiger partial charge is 0.240 e. The second kappa shape index (κ2) is 5.47. The van der Waals surface area contributed by atoms with Crippen LogP contribution in [0.15, 0.2) is 0 Å². The van der Waals surface area contributed by atoms with E-state index in [1.54, 1.807) is 0 Å². The van der Waals surface area contributed by atoms with Crippen molar-refractivity contribution in [2.45, 2.75) is 39.3 Å². The topological polar surface area (TPSA) is 35.6 Å². The van der Waals surface area contributed by atoms with Gasteiger partial charge in [0.25, 0.3) is 0 Å². The largest absolute Gasteiger partial charge is 0.329 e. The lowest BCUT2D eigenvalue weighted by molar-refractivity contribution is -0.128. The van der Waals surface area contributed by atoms with Gasteiger partial charge in [-0.05, 0) is 40.8 Å². The Balaban J connectivity index is 2.18. The van der Waals surface area contributed by atoms with Crippen LogP contribution in [0.2, 0.25) is 0 Å². The fraction of sp³-hybridized carbons (Fsp3) is 0.909. The molecule has 1 heterocycles. The van der Waals surface area contributed by atoms with E-state index in [2.05, 4.69) is 31.1 Å². The van der Waals surface area contributed by atoms with Gasteiger partial charge in [-0.3, -0.25) is 10.1 Å². The minimum absolute atomic E-state index is 0.00725. The Morgan fingerprint density at radius 3 is 2.73 bits per heavy atom. The molecule has 1 unspecified atom stereocenters. The third-order valence-electron chi connectivity index (χ3n) is 3.09. The molecule has 0 aromatic rings. The van der Waals surface area contributed by atoms with Gasteiger partial charge in [0.05, 0.1) is 12.7 Å². The Bertz CT molecular complexity index is 218. The van der Waals surface area contributed by atoms with Gasteiger partial charge < -0.3 is 9.80 Å². The van der Waals surface area contributed by atoms with Crippen molar-refractivity contribution in [1.29, 1.82) is 0 Å². The number of nitrogens with zero attached hydrogens (tertiary/aromatic N) is 2. The molecule has 0 radical (unpaired) electrons. The van der Waals surface area contributed by atoms with E-state index >= 15 is 0 Å². The molecule has 0 bridgehead atoms. The van der Waals surface area contributed by atoms with Crippen LogP contribution in [-0.2, 0) is 4.79 Å². The molecule has 15 heavy (non-hydrogen) atoms. The van der Waals surface area contributed by atoms with Gasteiger partial charge in [0.2, 0.25) is 5.91 Å². The molecule has 0 saturated carbocycles. The number of amides is 1. The number of nitrogens with one attached hydrogen (secondary N) is 1. The first-order valence-electron chi connectivity index (χ1n) is 5.74. The van der Waals surface area contributed by atoms with Crippen molar-refractivity contribution in [3.63, 3.8) is 0 Å². The van der Waals surface area contributed by atoms with E-state index in [9.17, 15) is 4.79 Å². The van der Waals surface area contributed by atoms with E-state index in [-0.39, 0.29) is 11.9 Å². The zero-order chi connectivity index (χ0) is 11.4. The number of rotatable bonds is 5. The quantitative estimate of drug-likeness (QED) is 0.722. The fourth-order valence-corrected chi connectivity index (χ4v) is 1.64. The maximum Gasteiger partial charge on any atom is 0.240 e. The van der Waals surface area contributed by atoms with Gasteiger partial charge in [0.1, 0.15) is 0 Å². The molecule has 1 fully saturated rings. The molecule has 0 aromatic carbocycles. The van der Waals surface area contributed by atoms with Crippen LogP contribution in [0.3, 0.4) is 0 Å². The second-order valence-electron chi connectivity index (χ2n) is 4.61. The molecule has 1 N–H and O–H groups in total. The molecule has 0 aliphatic carbocycles. The highest BCUT2D eigenvalue weighted by Crippen LogP contribution is 2.04. The number of carbonyl (C=O) groups is 1. The molecule has 0 spiro atoms. The lowest BCUT2D eigenvalue weighted by Gasteiger charge is -2.22. The number of hydrogen-bond acceptors (Lipinski definition) is 3. The molecule has 4 nitrogen and oxygen atoms in total. The van der Waals surface area contributed by atoms with E-state index in [0.717, 1.165) is 19.5 Å². The molecule has 1 amide bonds. The first-order chi connectivity index (χ1) is 7.02. The summed E-state index contributed by atoms with van der Waals surface area (Å²) in [6.07, 6.45) is 1.05. The predicted molar refractivity (Wildman–Crippen MR) is 61.6 cm³/mol. The van der Waals surface area contributed by atoms with Crippen LogP contribution in [0, 0.1) is 0 Å². The van der Waals surface area contributed by atoms with Gasteiger partial charge in [-0.25, -0.2) is 0 Å². The summed E-state index contributed by atoms with van der Waals surface area (Å²) in [5, 5.41) is 3.14. The van der Waals surface area contributed by atoms with Crippen LogP contribution in [0.4, 0.5) is 0 Å². The number of carbonyl (C=O) groups excluding carboxylic acids is 1. The van der Waals surface area contributed by atoms with Crippen molar-refractivity contribution in [2.24, 2.45) is 0 Å². The van der Waals surface area contributed by atoms with Crippen molar-refractivity contribution in [3.8, 4) is 0 Å². The van der Waals surface area contributed by atoms with Crippen LogP contribution in [0.5, 0.6) is 0 Å². The normalized spacial score (nSPS) is 22.1. The molecular weight excluding hydrogens is 190 g/mol. The highest BCUT2D eigenvalue weighted by atomic mass is 16.2. The number of hydrogen-bond donors (Lipinski definition) is 1. The minimum atomic E-state index is 0.00725. The zero-order valence-electron chi connectivity index (χ0n) is 10.3. The monoisotopic (exact) mass is 213 g/mol. The molecule has 1 aliphatic heterocycles. The van der Waals surface area contributed by atoms with E-state index < -0.39 is 0 Å². The summed E-state index contributed by atoms with van der Waals surface area (Å²) < 4.78 is 0. The molecule has 88 valence electrons. The lowest BCUT2D eigenvalue weighted by Crippen LogP contribution is -2.33. The summed E-state index contributed by atoms with van der Waals surface area (Å²) in [5.74, 6) is 0.238. The maximum atomic E-state index is 11.6. The van der Waals surface area contributed by atoms with Crippen molar-refractivity contribution < 1.29 is 4.79 Å². The fourth-order valence-electron chi connectivity index (χ4n) is 1.64. The van der Waals surface area contributed by atoms with Crippen LogP contribution in [0.25, 0.3) is 0 Å². The second-order valence-corrected chi connectivity index (χ2v) is 4.61. The van der Waals surface area contributed by atoms with E-state index in [4.69, 9.17) is 0 Å². The zero-order valence-corrected chi connectivity index (χ0v) is 10.3. The summed E-state index contributed by atoms with van der Waals surface area (Å²) in [7, 11) is 2.12. The van der Waals surface area contributed by atoms with E-state index in [1.165, 1.54) is 0 Å². The van der Waals surface area contributed by atoms with Crippen molar-refractivity contribution >= 4 is 5.91 Å². The first kappa shape index (κ1) is 12.5. The van der Waals surface area contributed by atoms with Gasteiger partial charge >= 0.3 is 0 Å². The Morgan fingerprint density at radius 2 is 2.27 bits per heavy atom. The molecule has 1 atom stereocenters. The summed E-state index contributed by atoms with van der Waals surface area (Å²) in [6.45, 7) is 8.92. The Kier molecular flexibility index (Phi) is 4.54. The highest BCUT2D eigenvalue weighted by molar-refractivity contribution is 5.83. The molecule has 1 rings (SSSR count). The van der Waals surface area contributed by atoms with Gasteiger partial charge in [-0.1, -0.05) is 0 Å². The summed E-state index contributed by atoms with van der Waals surface area (Å²) in [6, 6.07) is 0.587. The van der Waals surface area contributed by atoms with Gasteiger partial charge in [-0.2, -0.15) is 0 Å². The van der Waals surface area contributed by atoms with Crippen LogP contribution in [0.1, 0.15) is 27.2 Å². The third kappa shape index (κ3) is 3.47. The molecule has 4 heteroatoms. The van der Waals surface area contributed by atoms with E-state index in [1.807, 2.05) is 11.8 Å². The van der Waals surface area contributed by atoms with E-state index in [0.29, 0.717) is 12.7 Å². The minimum Gasteiger partial charge on any atom is -0.329 e. The first-order valence-corrected chi connectivity index (χ1v) is 5.74. The van der Waals surface area contributed by atoms with Crippen LogP contribution in [-0.4, -0.2) is 54.6 Å². The molecule has 0 aromatic heterocycles.